The van der Waals surface area contributed by atoms with Gasteiger partial charge in [-0.2, -0.15) is 0 Å². The van der Waals surface area contributed by atoms with E-state index in [9.17, 15) is 0 Å². The van der Waals surface area contributed by atoms with E-state index < -0.39 is 0 Å². The maximum Gasteiger partial charge on any atom is 0.212 e. The van der Waals surface area contributed by atoms with Crippen molar-refractivity contribution in [3.63, 3.8) is 0 Å². The van der Waals surface area contributed by atoms with Gasteiger partial charge in [-0.25, -0.2) is 9.98 Å². The van der Waals surface area contributed by atoms with Gasteiger partial charge in [0.05, 0.1) is 18.1 Å². The van der Waals surface area contributed by atoms with Crippen LogP contribution < -0.4 is 15.8 Å². The summed E-state index contributed by atoms with van der Waals surface area (Å²) in [5, 5.41) is 4.16. The first kappa shape index (κ1) is 14.8. The molecule has 1 aliphatic rings. The van der Waals surface area contributed by atoms with Crippen molar-refractivity contribution in [1.82, 2.24) is 14.1 Å². The molecular formula is C19H18N6O. The Morgan fingerprint density at radius 3 is 2.85 bits per heavy atom. The minimum Gasteiger partial charge on any atom is -0.497 e. The lowest BCUT2D eigenvalue weighted by Gasteiger charge is -2.23. The quantitative estimate of drug-likeness (QED) is 0.585. The molecule has 130 valence electrons. The van der Waals surface area contributed by atoms with E-state index in [1.54, 1.807) is 7.11 Å². The second kappa shape index (κ2) is 5.26. The van der Waals surface area contributed by atoms with Crippen LogP contribution in [0.2, 0.25) is 0 Å². The zero-order chi connectivity index (χ0) is 17.8. The fourth-order valence-corrected chi connectivity index (χ4v) is 3.66. The Labute approximate surface area is 149 Å². The number of guanidine groups is 1. The average molecular weight is 346 g/mol. The van der Waals surface area contributed by atoms with Gasteiger partial charge >= 0.3 is 0 Å². The van der Waals surface area contributed by atoms with Crippen molar-refractivity contribution in [3.05, 3.63) is 54.2 Å². The van der Waals surface area contributed by atoms with Crippen molar-refractivity contribution < 1.29 is 4.74 Å². The maximum absolute atomic E-state index is 6.06. The van der Waals surface area contributed by atoms with Gasteiger partial charge in [-0.1, -0.05) is 12.1 Å². The highest BCUT2D eigenvalue weighted by Gasteiger charge is 2.27. The van der Waals surface area contributed by atoms with Crippen LogP contribution in [0.4, 0.5) is 5.95 Å². The molecule has 0 amide bonds. The molecular weight excluding hydrogens is 328 g/mol. The Balaban J connectivity index is 1.81. The second-order valence-corrected chi connectivity index (χ2v) is 6.39. The molecule has 3 heterocycles. The number of fused-ring (bicyclic) bond motifs is 4. The van der Waals surface area contributed by atoms with E-state index in [0.717, 1.165) is 33.2 Å². The Hall–Kier alpha value is -3.48. The number of anilines is 1. The van der Waals surface area contributed by atoms with Crippen LogP contribution in [0.1, 0.15) is 11.7 Å². The van der Waals surface area contributed by atoms with Gasteiger partial charge in [-0.3, -0.25) is 9.88 Å². The predicted molar refractivity (Wildman–Crippen MR) is 103 cm³/mol. The van der Waals surface area contributed by atoms with Crippen LogP contribution in [0.15, 0.2) is 53.7 Å². The fourth-order valence-electron chi connectivity index (χ4n) is 3.66. The van der Waals surface area contributed by atoms with Crippen molar-refractivity contribution in [1.29, 1.82) is 0 Å². The van der Waals surface area contributed by atoms with Gasteiger partial charge in [0.1, 0.15) is 5.75 Å². The maximum atomic E-state index is 6.06. The Morgan fingerprint density at radius 1 is 1.15 bits per heavy atom. The SMILES string of the molecule is COc1ccc2c(c1)c([C@H]1N=C(N)Nc3nc4ccccc4n31)cn2C. The third-order valence-electron chi connectivity index (χ3n) is 4.85. The Morgan fingerprint density at radius 2 is 2.00 bits per heavy atom. The van der Waals surface area contributed by atoms with E-state index in [-0.39, 0.29) is 6.17 Å². The summed E-state index contributed by atoms with van der Waals surface area (Å²) in [5.74, 6) is 1.87. The minimum absolute atomic E-state index is 0.297. The number of aliphatic imine (C=N–C) groups is 1. The normalized spacial score (nSPS) is 16.4. The lowest BCUT2D eigenvalue weighted by Crippen LogP contribution is -2.31. The van der Waals surface area contributed by atoms with E-state index in [1.165, 1.54) is 0 Å². The molecule has 3 N–H and O–H groups in total. The lowest BCUT2D eigenvalue weighted by molar-refractivity contribution is 0.415. The third-order valence-corrected chi connectivity index (χ3v) is 4.85. The number of benzene rings is 2. The van der Waals surface area contributed by atoms with Crippen LogP contribution in [0.3, 0.4) is 0 Å². The van der Waals surface area contributed by atoms with Gasteiger partial charge in [0.25, 0.3) is 0 Å². The molecule has 0 bridgehead atoms. The zero-order valence-corrected chi connectivity index (χ0v) is 14.5. The van der Waals surface area contributed by atoms with E-state index in [4.69, 9.17) is 10.5 Å². The molecule has 2 aromatic carbocycles. The number of hydrogen-bond donors (Lipinski definition) is 2. The highest BCUT2D eigenvalue weighted by Crippen LogP contribution is 2.37. The van der Waals surface area contributed by atoms with E-state index in [2.05, 4.69) is 36.7 Å². The predicted octanol–water partition coefficient (Wildman–Crippen LogP) is 2.82. The first-order chi connectivity index (χ1) is 12.7. The van der Waals surface area contributed by atoms with Crippen molar-refractivity contribution in [2.45, 2.75) is 6.17 Å². The number of imidazole rings is 1. The summed E-state index contributed by atoms with van der Waals surface area (Å²) >= 11 is 0. The third kappa shape index (κ3) is 2.00. The monoisotopic (exact) mass is 346 g/mol. The van der Waals surface area contributed by atoms with Gasteiger partial charge in [0.2, 0.25) is 5.95 Å². The molecule has 5 rings (SSSR count). The number of methoxy groups -OCH3 is 1. The zero-order valence-electron chi connectivity index (χ0n) is 14.5. The summed E-state index contributed by atoms with van der Waals surface area (Å²) in [6.45, 7) is 0. The molecule has 0 saturated carbocycles. The summed E-state index contributed by atoms with van der Waals surface area (Å²) in [6.07, 6.45) is 1.80. The highest BCUT2D eigenvalue weighted by atomic mass is 16.5. The van der Waals surface area contributed by atoms with Crippen LogP contribution >= 0.6 is 0 Å². The molecule has 1 aliphatic heterocycles. The Bertz CT molecular complexity index is 1190. The number of aryl methyl sites for hydroxylation is 1. The number of nitrogens with zero attached hydrogens (tertiary/aromatic N) is 4. The first-order valence-corrected chi connectivity index (χ1v) is 8.36. The number of nitrogens with one attached hydrogen (secondary N) is 1. The molecule has 26 heavy (non-hydrogen) atoms. The molecule has 0 saturated heterocycles. The molecule has 7 heteroatoms. The molecule has 0 radical (unpaired) electrons. The van der Waals surface area contributed by atoms with E-state index in [0.29, 0.717) is 11.9 Å². The van der Waals surface area contributed by atoms with Crippen molar-refractivity contribution in [3.8, 4) is 5.75 Å². The topological polar surface area (TPSA) is 82.4 Å². The average Bonchev–Trinajstić information content (AvgIpc) is 3.18. The van der Waals surface area contributed by atoms with Gasteiger partial charge in [0.15, 0.2) is 12.1 Å². The summed E-state index contributed by atoms with van der Waals surface area (Å²) < 4.78 is 9.60. The van der Waals surface area contributed by atoms with Crippen LogP contribution in [0.25, 0.3) is 21.9 Å². The fraction of sp³-hybridized carbons (Fsp3) is 0.158. The van der Waals surface area contributed by atoms with Crippen molar-refractivity contribution >= 4 is 33.8 Å². The number of rotatable bonds is 2. The highest BCUT2D eigenvalue weighted by molar-refractivity contribution is 5.95. The van der Waals surface area contributed by atoms with Gasteiger partial charge in [0, 0.05) is 29.7 Å². The van der Waals surface area contributed by atoms with Crippen LogP contribution in [0, 0.1) is 0 Å². The van der Waals surface area contributed by atoms with Gasteiger partial charge in [-0.15, -0.1) is 0 Å². The van der Waals surface area contributed by atoms with Crippen molar-refractivity contribution in [2.24, 2.45) is 17.8 Å². The second-order valence-electron chi connectivity index (χ2n) is 6.39. The Kier molecular flexibility index (Phi) is 3.00. The van der Waals surface area contributed by atoms with Crippen LogP contribution in [-0.2, 0) is 7.05 Å². The number of hydrogen-bond acceptors (Lipinski definition) is 5. The molecule has 1 atom stereocenters. The summed E-state index contributed by atoms with van der Waals surface area (Å²) in [6, 6.07) is 14.1. The standard InChI is InChI=1S/C19H18N6O/c1-24-10-13(12-9-11(26-2)7-8-15(12)24)17-22-18(20)23-19-21-14-5-3-4-6-16(14)25(17)19/h3-10,17H,1-2H3,(H3,20,21,22,23)/t17-/m0/s1. The van der Waals surface area contributed by atoms with Crippen LogP contribution in [-0.4, -0.2) is 27.2 Å². The van der Waals surface area contributed by atoms with Crippen molar-refractivity contribution in [2.75, 3.05) is 12.4 Å². The smallest absolute Gasteiger partial charge is 0.212 e. The number of ether oxygens (including phenoxy) is 1. The van der Waals surface area contributed by atoms with Crippen LogP contribution in [0.5, 0.6) is 5.75 Å². The molecule has 7 nitrogen and oxygen atoms in total. The largest absolute Gasteiger partial charge is 0.497 e. The summed E-state index contributed by atoms with van der Waals surface area (Å²) in [5.41, 5.74) is 10.1. The molecule has 2 aromatic heterocycles. The molecule has 0 unspecified atom stereocenters. The lowest BCUT2D eigenvalue weighted by atomic mass is 10.1. The molecule has 4 aromatic rings. The molecule has 0 aliphatic carbocycles. The molecule has 0 fully saturated rings. The molecule has 0 spiro atoms. The van der Waals surface area contributed by atoms with Gasteiger partial charge in [-0.05, 0) is 30.3 Å². The first-order valence-electron chi connectivity index (χ1n) is 8.36. The summed E-state index contributed by atoms with van der Waals surface area (Å²) in [7, 11) is 3.70. The number of para-hydroxylation sites is 2. The number of nitrogens with two attached hydrogens (primary N) is 1. The minimum atomic E-state index is -0.297. The van der Waals surface area contributed by atoms with E-state index >= 15 is 0 Å². The van der Waals surface area contributed by atoms with Gasteiger partial charge < -0.3 is 15.0 Å². The summed E-state index contributed by atoms with van der Waals surface area (Å²) in [4.78, 5) is 9.35. The van der Waals surface area contributed by atoms with E-state index in [1.807, 2.05) is 43.4 Å². The number of aromatic nitrogens is 3.